The minimum Gasteiger partial charge on any atom is -0.330 e. The summed E-state index contributed by atoms with van der Waals surface area (Å²) in [5.74, 6) is 0.175. The van der Waals surface area contributed by atoms with Gasteiger partial charge in [0.25, 0.3) is 0 Å². The van der Waals surface area contributed by atoms with Gasteiger partial charge in [-0.3, -0.25) is 0 Å². The molecule has 1 aromatic carbocycles. The minimum atomic E-state index is -0.364. The maximum absolute atomic E-state index is 13.3. The molecule has 78 valence electrons. The van der Waals surface area contributed by atoms with E-state index in [-0.39, 0.29) is 11.3 Å². The van der Waals surface area contributed by atoms with Crippen molar-refractivity contribution in [1.82, 2.24) is 15.2 Å². The van der Waals surface area contributed by atoms with Crippen molar-refractivity contribution in [3.63, 3.8) is 0 Å². The molecule has 2 aromatic rings. The third-order valence-electron chi connectivity index (χ3n) is 2.08. The summed E-state index contributed by atoms with van der Waals surface area (Å²) in [4.78, 5) is 4.11. The number of aromatic nitrogens is 3. The molecule has 0 aliphatic rings. The summed E-state index contributed by atoms with van der Waals surface area (Å²) in [5, 5.41) is 7.80. The number of hydrogen-bond acceptors (Lipinski definition) is 4. The van der Waals surface area contributed by atoms with Crippen molar-refractivity contribution in [2.24, 2.45) is 5.73 Å². The highest BCUT2D eigenvalue weighted by atomic mass is 19.1. The third kappa shape index (κ3) is 2.07. The zero-order valence-electron chi connectivity index (χ0n) is 8.15. The number of aryl methyl sites for hydroxylation is 1. The third-order valence-corrected chi connectivity index (χ3v) is 2.08. The van der Waals surface area contributed by atoms with Crippen LogP contribution in [-0.2, 0) is 6.42 Å². The van der Waals surface area contributed by atoms with E-state index in [1.807, 2.05) is 0 Å². The minimum absolute atomic E-state index is 0.277. The van der Waals surface area contributed by atoms with Crippen LogP contribution in [0.5, 0.6) is 0 Å². The Morgan fingerprint density at radius 2 is 2.13 bits per heavy atom. The first kappa shape index (κ1) is 9.92. The lowest BCUT2D eigenvalue weighted by Crippen LogP contribution is -2.05. The number of fused-ring (bicyclic) bond motifs is 1. The van der Waals surface area contributed by atoms with E-state index >= 15 is 0 Å². The number of nitrogens with zero attached hydrogens (tertiary/aromatic N) is 3. The normalized spacial score (nSPS) is 10.8. The number of benzene rings is 1. The topological polar surface area (TPSA) is 64.7 Å². The Bertz CT molecular complexity index is 472. The standard InChI is InChI=1S/C10H11FN4/c11-7-3-1-4-8-10(7)13-9(15-14-8)5-2-6-12/h1,3-4H,2,5-6,12H2. The summed E-state index contributed by atoms with van der Waals surface area (Å²) in [6, 6.07) is 4.64. The van der Waals surface area contributed by atoms with E-state index in [4.69, 9.17) is 5.73 Å². The van der Waals surface area contributed by atoms with Crippen molar-refractivity contribution in [3.05, 3.63) is 29.8 Å². The van der Waals surface area contributed by atoms with Crippen LogP contribution in [-0.4, -0.2) is 21.7 Å². The monoisotopic (exact) mass is 206 g/mol. The molecule has 2 rings (SSSR count). The lowest BCUT2D eigenvalue weighted by molar-refractivity contribution is 0.633. The SMILES string of the molecule is NCCCc1nnc2cccc(F)c2n1. The molecular formula is C10H11FN4. The van der Waals surface area contributed by atoms with Crippen molar-refractivity contribution in [3.8, 4) is 0 Å². The lowest BCUT2D eigenvalue weighted by atomic mass is 10.2. The lowest BCUT2D eigenvalue weighted by Gasteiger charge is -2.00. The molecule has 15 heavy (non-hydrogen) atoms. The fourth-order valence-corrected chi connectivity index (χ4v) is 1.32. The van der Waals surface area contributed by atoms with E-state index in [0.29, 0.717) is 24.3 Å². The quantitative estimate of drug-likeness (QED) is 0.815. The number of rotatable bonds is 3. The highest BCUT2D eigenvalue weighted by Crippen LogP contribution is 2.12. The van der Waals surface area contributed by atoms with Crippen LogP contribution in [0, 0.1) is 5.82 Å². The van der Waals surface area contributed by atoms with Crippen LogP contribution in [0.25, 0.3) is 11.0 Å². The van der Waals surface area contributed by atoms with Gasteiger partial charge in [-0.15, -0.1) is 10.2 Å². The predicted octanol–water partition coefficient (Wildman–Crippen LogP) is 1.06. The van der Waals surface area contributed by atoms with Gasteiger partial charge in [0.2, 0.25) is 0 Å². The van der Waals surface area contributed by atoms with Gasteiger partial charge < -0.3 is 5.73 Å². The average Bonchev–Trinajstić information content (AvgIpc) is 2.27. The molecule has 5 heteroatoms. The van der Waals surface area contributed by atoms with Gasteiger partial charge in [-0.2, -0.15) is 0 Å². The average molecular weight is 206 g/mol. The van der Waals surface area contributed by atoms with E-state index < -0.39 is 0 Å². The molecule has 0 spiro atoms. The van der Waals surface area contributed by atoms with Crippen molar-refractivity contribution in [1.29, 1.82) is 0 Å². The zero-order valence-corrected chi connectivity index (χ0v) is 8.15. The molecule has 0 aliphatic heterocycles. The van der Waals surface area contributed by atoms with Gasteiger partial charge in [0, 0.05) is 6.42 Å². The van der Waals surface area contributed by atoms with E-state index in [9.17, 15) is 4.39 Å². The molecule has 4 nitrogen and oxygen atoms in total. The zero-order chi connectivity index (χ0) is 10.7. The van der Waals surface area contributed by atoms with E-state index in [1.165, 1.54) is 6.07 Å². The van der Waals surface area contributed by atoms with Gasteiger partial charge in [0.05, 0.1) is 0 Å². The molecule has 0 atom stereocenters. The Morgan fingerprint density at radius 1 is 1.27 bits per heavy atom. The van der Waals surface area contributed by atoms with Crippen LogP contribution in [0.1, 0.15) is 12.2 Å². The second-order valence-corrected chi connectivity index (χ2v) is 3.23. The molecule has 2 N–H and O–H groups in total. The van der Waals surface area contributed by atoms with E-state index in [2.05, 4.69) is 15.2 Å². The summed E-state index contributed by atoms with van der Waals surface area (Å²) in [5.41, 5.74) is 6.12. The van der Waals surface area contributed by atoms with Gasteiger partial charge in [-0.1, -0.05) is 6.07 Å². The molecule has 0 aliphatic carbocycles. The highest BCUT2D eigenvalue weighted by Gasteiger charge is 2.05. The smallest absolute Gasteiger partial charge is 0.151 e. The van der Waals surface area contributed by atoms with Crippen molar-refractivity contribution in [2.75, 3.05) is 6.54 Å². The summed E-state index contributed by atoms with van der Waals surface area (Å²) in [6.07, 6.45) is 1.41. The maximum atomic E-state index is 13.3. The van der Waals surface area contributed by atoms with Gasteiger partial charge in [-0.05, 0) is 25.1 Å². The predicted molar refractivity (Wildman–Crippen MR) is 54.7 cm³/mol. The highest BCUT2D eigenvalue weighted by molar-refractivity contribution is 5.73. The molecule has 0 unspecified atom stereocenters. The molecule has 1 aromatic heterocycles. The van der Waals surface area contributed by atoms with Crippen molar-refractivity contribution in [2.45, 2.75) is 12.8 Å². The van der Waals surface area contributed by atoms with Gasteiger partial charge in [0.15, 0.2) is 11.6 Å². The van der Waals surface area contributed by atoms with Crippen molar-refractivity contribution < 1.29 is 4.39 Å². The Balaban J connectivity index is 2.41. The fraction of sp³-hybridized carbons (Fsp3) is 0.300. The number of nitrogens with two attached hydrogens (primary N) is 1. The number of halogens is 1. The molecule has 0 fully saturated rings. The second kappa shape index (κ2) is 4.27. The molecule has 0 amide bonds. The van der Waals surface area contributed by atoms with Crippen LogP contribution in [0.3, 0.4) is 0 Å². The first-order valence-corrected chi connectivity index (χ1v) is 4.79. The van der Waals surface area contributed by atoms with E-state index in [1.54, 1.807) is 12.1 Å². The van der Waals surface area contributed by atoms with Crippen LogP contribution in [0.15, 0.2) is 18.2 Å². The summed E-state index contributed by atoms with van der Waals surface area (Å²) >= 11 is 0. The van der Waals surface area contributed by atoms with E-state index in [0.717, 1.165) is 6.42 Å². The summed E-state index contributed by atoms with van der Waals surface area (Å²) < 4.78 is 13.3. The number of hydrogen-bond donors (Lipinski definition) is 1. The Morgan fingerprint density at radius 3 is 2.93 bits per heavy atom. The Kier molecular flexibility index (Phi) is 2.82. The van der Waals surface area contributed by atoms with Gasteiger partial charge >= 0.3 is 0 Å². The van der Waals surface area contributed by atoms with Gasteiger partial charge in [0.1, 0.15) is 11.0 Å². The van der Waals surface area contributed by atoms with Crippen LogP contribution in [0.2, 0.25) is 0 Å². The van der Waals surface area contributed by atoms with Crippen LogP contribution in [0.4, 0.5) is 4.39 Å². The van der Waals surface area contributed by atoms with Crippen molar-refractivity contribution >= 4 is 11.0 Å². The maximum Gasteiger partial charge on any atom is 0.151 e. The second-order valence-electron chi connectivity index (χ2n) is 3.23. The molecule has 1 heterocycles. The molecule has 0 radical (unpaired) electrons. The Labute approximate surface area is 86.3 Å². The summed E-state index contributed by atoms with van der Waals surface area (Å²) in [7, 11) is 0. The number of para-hydroxylation sites is 1. The van der Waals surface area contributed by atoms with Crippen LogP contribution >= 0.6 is 0 Å². The summed E-state index contributed by atoms with van der Waals surface area (Å²) in [6.45, 7) is 0.568. The first-order chi connectivity index (χ1) is 7.31. The molecular weight excluding hydrogens is 195 g/mol. The molecule has 0 bridgehead atoms. The fourth-order valence-electron chi connectivity index (χ4n) is 1.32. The Hall–Kier alpha value is -1.62. The van der Waals surface area contributed by atoms with Gasteiger partial charge in [-0.25, -0.2) is 9.37 Å². The largest absolute Gasteiger partial charge is 0.330 e. The van der Waals surface area contributed by atoms with Crippen LogP contribution < -0.4 is 5.73 Å². The molecule has 0 saturated carbocycles. The first-order valence-electron chi connectivity index (χ1n) is 4.79. The molecule has 0 saturated heterocycles.